The quantitative estimate of drug-likeness (QED) is 0.853. The van der Waals surface area contributed by atoms with Crippen LogP contribution in [0.25, 0.3) is 0 Å². The van der Waals surface area contributed by atoms with E-state index in [2.05, 4.69) is 15.6 Å². The number of carbonyl (C=O) groups excluding carboxylic acids is 1. The van der Waals surface area contributed by atoms with Gasteiger partial charge in [0.1, 0.15) is 11.4 Å². The number of amides is 1. The van der Waals surface area contributed by atoms with Gasteiger partial charge in [-0.15, -0.1) is 0 Å². The molecule has 5 nitrogen and oxygen atoms in total. The Hall–Kier alpha value is -2.56. The lowest BCUT2D eigenvalue weighted by molar-refractivity contribution is 0.0949. The number of benzene rings is 1. The molecule has 0 saturated carbocycles. The number of anilines is 1. The third kappa shape index (κ3) is 3.95. The molecule has 2 N–H and O–H groups in total. The second-order valence-electron chi connectivity index (χ2n) is 4.50. The first-order valence-corrected chi connectivity index (χ1v) is 6.78. The average Bonchev–Trinajstić information content (AvgIpc) is 2.55. The van der Waals surface area contributed by atoms with E-state index in [1.54, 1.807) is 19.4 Å². The first-order chi connectivity index (χ1) is 10.2. The van der Waals surface area contributed by atoms with Gasteiger partial charge in [0, 0.05) is 13.6 Å². The lowest BCUT2D eigenvalue weighted by Crippen LogP contribution is -2.26. The number of aromatic nitrogens is 1. The molecule has 0 spiro atoms. The summed E-state index contributed by atoms with van der Waals surface area (Å²) in [7, 11) is 3.45. The lowest BCUT2D eigenvalue weighted by Gasteiger charge is -2.09. The van der Waals surface area contributed by atoms with Crippen molar-refractivity contribution in [3.8, 4) is 5.75 Å². The van der Waals surface area contributed by atoms with Crippen LogP contribution >= 0.6 is 0 Å². The molecule has 0 aliphatic heterocycles. The summed E-state index contributed by atoms with van der Waals surface area (Å²) < 4.78 is 5.28. The number of pyridine rings is 1. The number of rotatable bonds is 6. The third-order valence-electron chi connectivity index (χ3n) is 3.16. The largest absolute Gasteiger partial charge is 0.496 e. The van der Waals surface area contributed by atoms with Crippen LogP contribution in [0.5, 0.6) is 5.75 Å². The highest BCUT2D eigenvalue weighted by Crippen LogP contribution is 2.17. The van der Waals surface area contributed by atoms with Gasteiger partial charge in [-0.1, -0.05) is 18.2 Å². The fraction of sp³-hybridized carbons (Fsp3) is 0.250. The summed E-state index contributed by atoms with van der Waals surface area (Å²) in [5.41, 5.74) is 2.35. The molecular weight excluding hydrogens is 266 g/mol. The molecule has 1 heterocycles. The fourth-order valence-electron chi connectivity index (χ4n) is 1.99. The second-order valence-corrected chi connectivity index (χ2v) is 4.50. The zero-order valence-electron chi connectivity index (χ0n) is 12.2. The number of nitrogens with one attached hydrogen (secondary N) is 2. The third-order valence-corrected chi connectivity index (χ3v) is 3.16. The summed E-state index contributed by atoms with van der Waals surface area (Å²) in [6, 6.07) is 11.3. The van der Waals surface area contributed by atoms with Crippen molar-refractivity contribution in [2.24, 2.45) is 0 Å². The number of nitrogens with zero attached hydrogens (tertiary/aromatic N) is 1. The smallest absolute Gasteiger partial charge is 0.269 e. The molecule has 0 radical (unpaired) electrons. The van der Waals surface area contributed by atoms with Gasteiger partial charge in [0.25, 0.3) is 5.91 Å². The topological polar surface area (TPSA) is 63.2 Å². The molecule has 1 amide bonds. The predicted octanol–water partition coefficient (Wildman–Crippen LogP) is 2.10. The number of methoxy groups -OCH3 is 1. The number of hydrogen-bond acceptors (Lipinski definition) is 4. The summed E-state index contributed by atoms with van der Waals surface area (Å²) in [6.45, 7) is 0.536. The zero-order chi connectivity index (χ0) is 15.1. The molecule has 0 saturated heterocycles. The minimum Gasteiger partial charge on any atom is -0.496 e. The molecule has 5 heteroatoms. The van der Waals surface area contributed by atoms with Crippen molar-refractivity contribution in [3.63, 3.8) is 0 Å². The van der Waals surface area contributed by atoms with Crippen LogP contribution in [0.15, 0.2) is 42.6 Å². The Bertz CT molecular complexity index is 597. The number of ether oxygens (including phenoxy) is 1. The van der Waals surface area contributed by atoms with E-state index in [-0.39, 0.29) is 5.91 Å². The van der Waals surface area contributed by atoms with Crippen LogP contribution in [-0.2, 0) is 6.42 Å². The Morgan fingerprint density at radius 1 is 1.24 bits per heavy atom. The van der Waals surface area contributed by atoms with Gasteiger partial charge in [-0.05, 0) is 30.2 Å². The second kappa shape index (κ2) is 7.28. The van der Waals surface area contributed by atoms with Crippen molar-refractivity contribution in [3.05, 3.63) is 53.9 Å². The fourth-order valence-corrected chi connectivity index (χ4v) is 1.99. The van der Waals surface area contributed by atoms with E-state index in [1.165, 1.54) is 0 Å². The SMILES string of the molecule is CNc1ccc(C(=O)NCCc2ccccc2OC)nc1. The van der Waals surface area contributed by atoms with Crippen molar-refractivity contribution in [1.82, 2.24) is 10.3 Å². The first kappa shape index (κ1) is 14.8. The minimum atomic E-state index is -0.174. The van der Waals surface area contributed by atoms with Crippen molar-refractivity contribution < 1.29 is 9.53 Å². The Balaban J connectivity index is 1.89. The summed E-state index contributed by atoms with van der Waals surface area (Å²) in [5, 5.41) is 5.82. The van der Waals surface area contributed by atoms with E-state index in [0.717, 1.165) is 17.0 Å². The van der Waals surface area contributed by atoms with E-state index in [0.29, 0.717) is 18.7 Å². The summed E-state index contributed by atoms with van der Waals surface area (Å²) in [6.07, 6.45) is 2.35. The van der Waals surface area contributed by atoms with E-state index in [4.69, 9.17) is 4.74 Å². The highest BCUT2D eigenvalue weighted by atomic mass is 16.5. The maximum Gasteiger partial charge on any atom is 0.269 e. The highest BCUT2D eigenvalue weighted by molar-refractivity contribution is 5.92. The van der Waals surface area contributed by atoms with E-state index in [9.17, 15) is 4.79 Å². The monoisotopic (exact) mass is 285 g/mol. The lowest BCUT2D eigenvalue weighted by atomic mass is 10.1. The molecule has 0 bridgehead atoms. The Labute approximate surface area is 124 Å². The molecule has 2 aromatic rings. The zero-order valence-corrected chi connectivity index (χ0v) is 12.2. The Morgan fingerprint density at radius 3 is 2.71 bits per heavy atom. The average molecular weight is 285 g/mol. The molecule has 2 rings (SSSR count). The predicted molar refractivity (Wildman–Crippen MR) is 82.8 cm³/mol. The van der Waals surface area contributed by atoms with Gasteiger partial charge in [0.15, 0.2) is 0 Å². The van der Waals surface area contributed by atoms with Crippen LogP contribution in [0.3, 0.4) is 0 Å². The van der Waals surface area contributed by atoms with E-state index in [1.807, 2.05) is 37.4 Å². The Kier molecular flexibility index (Phi) is 5.15. The Morgan fingerprint density at radius 2 is 2.05 bits per heavy atom. The van der Waals surface area contributed by atoms with Gasteiger partial charge in [-0.25, -0.2) is 4.98 Å². The molecule has 1 aromatic carbocycles. The molecule has 21 heavy (non-hydrogen) atoms. The number of carbonyl (C=O) groups is 1. The van der Waals surface area contributed by atoms with Gasteiger partial charge in [-0.2, -0.15) is 0 Å². The van der Waals surface area contributed by atoms with Crippen LogP contribution in [0, 0.1) is 0 Å². The molecule has 0 aliphatic carbocycles. The summed E-state index contributed by atoms with van der Waals surface area (Å²) in [5.74, 6) is 0.663. The number of para-hydroxylation sites is 1. The minimum absolute atomic E-state index is 0.174. The van der Waals surface area contributed by atoms with Crippen LogP contribution in [0.4, 0.5) is 5.69 Å². The summed E-state index contributed by atoms with van der Waals surface area (Å²) in [4.78, 5) is 16.1. The van der Waals surface area contributed by atoms with Crippen LogP contribution in [-0.4, -0.2) is 31.6 Å². The molecule has 0 fully saturated rings. The normalized spacial score (nSPS) is 10.0. The van der Waals surface area contributed by atoms with Crippen LogP contribution < -0.4 is 15.4 Å². The molecule has 1 aromatic heterocycles. The molecule has 0 aliphatic rings. The van der Waals surface area contributed by atoms with E-state index >= 15 is 0 Å². The van der Waals surface area contributed by atoms with Crippen LogP contribution in [0.2, 0.25) is 0 Å². The molecular formula is C16H19N3O2. The van der Waals surface area contributed by atoms with Crippen molar-refractivity contribution in [2.45, 2.75) is 6.42 Å². The highest BCUT2D eigenvalue weighted by Gasteiger charge is 2.07. The molecule has 110 valence electrons. The van der Waals surface area contributed by atoms with Crippen molar-refractivity contribution in [2.75, 3.05) is 26.0 Å². The van der Waals surface area contributed by atoms with Gasteiger partial charge in [0.2, 0.25) is 0 Å². The molecule has 0 unspecified atom stereocenters. The van der Waals surface area contributed by atoms with Crippen LogP contribution in [0.1, 0.15) is 16.1 Å². The van der Waals surface area contributed by atoms with Gasteiger partial charge < -0.3 is 15.4 Å². The standard InChI is InChI=1S/C16H19N3O2/c1-17-13-7-8-14(19-11-13)16(20)18-10-9-12-5-3-4-6-15(12)21-2/h3-8,11,17H,9-10H2,1-2H3,(H,18,20). The first-order valence-electron chi connectivity index (χ1n) is 6.78. The maximum absolute atomic E-state index is 12.0. The van der Waals surface area contributed by atoms with Crippen molar-refractivity contribution in [1.29, 1.82) is 0 Å². The molecule has 0 atom stereocenters. The van der Waals surface area contributed by atoms with E-state index < -0.39 is 0 Å². The summed E-state index contributed by atoms with van der Waals surface area (Å²) >= 11 is 0. The number of hydrogen-bond donors (Lipinski definition) is 2. The maximum atomic E-state index is 12.0. The van der Waals surface area contributed by atoms with Gasteiger partial charge in [-0.3, -0.25) is 4.79 Å². The van der Waals surface area contributed by atoms with Gasteiger partial charge in [0.05, 0.1) is 19.0 Å². The van der Waals surface area contributed by atoms with Crippen molar-refractivity contribution >= 4 is 11.6 Å². The van der Waals surface area contributed by atoms with Gasteiger partial charge >= 0.3 is 0 Å².